The molecule has 4 rings (SSSR count). The summed E-state index contributed by atoms with van der Waals surface area (Å²) < 4.78 is 1.97. The van der Waals surface area contributed by atoms with E-state index >= 15 is 0 Å². The number of amides is 1. The minimum atomic E-state index is -0.159. The molecule has 150 valence electrons. The van der Waals surface area contributed by atoms with Crippen LogP contribution in [0.25, 0.3) is 17.1 Å². The smallest absolute Gasteiger partial charge is 0.234 e. The van der Waals surface area contributed by atoms with Gasteiger partial charge in [0.2, 0.25) is 5.91 Å². The summed E-state index contributed by atoms with van der Waals surface area (Å²) in [6, 6.07) is 25.2. The van der Waals surface area contributed by atoms with Gasteiger partial charge in [-0.15, -0.1) is 10.2 Å². The van der Waals surface area contributed by atoms with E-state index in [0.29, 0.717) is 15.9 Å². The van der Waals surface area contributed by atoms with Crippen LogP contribution in [0.5, 0.6) is 0 Å². The molecular weight excluding hydrogens is 416 g/mol. The molecule has 0 bridgehead atoms. The minimum absolute atomic E-state index is 0.159. The van der Waals surface area contributed by atoms with Gasteiger partial charge in [-0.3, -0.25) is 9.36 Å². The van der Waals surface area contributed by atoms with E-state index in [1.54, 1.807) is 12.1 Å². The SMILES string of the molecule is Cc1cccc(-c2nnc(SCC(=O)Nc3ccccc3Cl)n2-c2ccccc2)c1. The number of para-hydroxylation sites is 2. The van der Waals surface area contributed by atoms with Crippen molar-refractivity contribution in [3.05, 3.63) is 89.4 Å². The molecule has 30 heavy (non-hydrogen) atoms. The van der Waals surface area contributed by atoms with Gasteiger partial charge in [0, 0.05) is 11.3 Å². The average Bonchev–Trinajstić information content (AvgIpc) is 3.18. The number of hydrogen-bond acceptors (Lipinski definition) is 4. The molecule has 4 aromatic rings. The number of carbonyl (C=O) groups is 1. The van der Waals surface area contributed by atoms with E-state index in [1.165, 1.54) is 11.8 Å². The van der Waals surface area contributed by atoms with E-state index in [0.717, 1.165) is 22.6 Å². The Balaban J connectivity index is 1.60. The molecule has 1 heterocycles. The number of hydrogen-bond donors (Lipinski definition) is 1. The van der Waals surface area contributed by atoms with Gasteiger partial charge in [-0.2, -0.15) is 0 Å². The van der Waals surface area contributed by atoms with Crippen LogP contribution in [0.3, 0.4) is 0 Å². The van der Waals surface area contributed by atoms with Gasteiger partial charge in [0.15, 0.2) is 11.0 Å². The standard InChI is InChI=1S/C23H19ClN4OS/c1-16-8-7-9-17(14-16)22-26-27-23(28(22)18-10-3-2-4-11-18)30-15-21(29)25-20-13-6-5-12-19(20)24/h2-14H,15H2,1H3,(H,25,29). The number of aromatic nitrogens is 3. The normalized spacial score (nSPS) is 10.7. The number of benzene rings is 3. The first kappa shape index (κ1) is 20.2. The molecule has 0 saturated carbocycles. The van der Waals surface area contributed by atoms with E-state index in [1.807, 2.05) is 72.2 Å². The number of carbonyl (C=O) groups excluding carboxylic acids is 1. The van der Waals surface area contributed by atoms with E-state index in [9.17, 15) is 4.79 Å². The zero-order valence-electron chi connectivity index (χ0n) is 16.2. The lowest BCUT2D eigenvalue weighted by Gasteiger charge is -2.11. The maximum atomic E-state index is 12.5. The fourth-order valence-corrected chi connectivity index (χ4v) is 3.96. The van der Waals surface area contributed by atoms with E-state index in [-0.39, 0.29) is 11.7 Å². The summed E-state index contributed by atoms with van der Waals surface area (Å²) in [6.07, 6.45) is 0. The summed E-state index contributed by atoms with van der Waals surface area (Å²) >= 11 is 7.46. The van der Waals surface area contributed by atoms with Crippen LogP contribution < -0.4 is 5.32 Å². The quantitative estimate of drug-likeness (QED) is 0.400. The van der Waals surface area contributed by atoms with Crippen LogP contribution in [0.4, 0.5) is 5.69 Å². The number of nitrogens with one attached hydrogen (secondary N) is 1. The first-order valence-electron chi connectivity index (χ1n) is 9.37. The van der Waals surface area contributed by atoms with Crippen LogP contribution in [0, 0.1) is 6.92 Å². The summed E-state index contributed by atoms with van der Waals surface area (Å²) in [7, 11) is 0. The Morgan fingerprint density at radius 1 is 1.00 bits per heavy atom. The van der Waals surface area contributed by atoms with Gasteiger partial charge in [-0.25, -0.2) is 0 Å². The van der Waals surface area contributed by atoms with E-state index in [4.69, 9.17) is 11.6 Å². The van der Waals surface area contributed by atoms with Crippen molar-refractivity contribution in [1.82, 2.24) is 14.8 Å². The fourth-order valence-electron chi connectivity index (χ4n) is 3.02. The Morgan fingerprint density at radius 2 is 1.77 bits per heavy atom. The van der Waals surface area contributed by atoms with Crippen LogP contribution in [-0.2, 0) is 4.79 Å². The summed E-state index contributed by atoms with van der Waals surface area (Å²) in [4.78, 5) is 12.5. The minimum Gasteiger partial charge on any atom is -0.324 e. The predicted octanol–water partition coefficient (Wildman–Crippen LogP) is 5.63. The monoisotopic (exact) mass is 434 g/mol. The molecule has 3 aromatic carbocycles. The van der Waals surface area contributed by atoms with Crippen LogP contribution in [-0.4, -0.2) is 26.4 Å². The molecule has 0 unspecified atom stereocenters. The molecule has 1 aromatic heterocycles. The molecule has 0 aliphatic heterocycles. The molecule has 0 radical (unpaired) electrons. The largest absolute Gasteiger partial charge is 0.324 e. The molecular formula is C23H19ClN4OS. The molecule has 0 spiro atoms. The Kier molecular flexibility index (Phi) is 6.16. The van der Waals surface area contributed by atoms with Gasteiger partial charge in [0.25, 0.3) is 0 Å². The second kappa shape index (κ2) is 9.15. The van der Waals surface area contributed by atoms with Gasteiger partial charge < -0.3 is 5.32 Å². The van der Waals surface area contributed by atoms with Crippen molar-refractivity contribution in [1.29, 1.82) is 0 Å². The van der Waals surface area contributed by atoms with Crippen LogP contribution in [0.15, 0.2) is 84.0 Å². The van der Waals surface area contributed by atoms with Gasteiger partial charge in [-0.1, -0.05) is 77.5 Å². The summed E-state index contributed by atoms with van der Waals surface area (Å²) in [5, 5.41) is 12.8. The summed E-state index contributed by atoms with van der Waals surface area (Å²) in [5.41, 5.74) is 3.64. The first-order chi connectivity index (χ1) is 14.6. The molecule has 1 N–H and O–H groups in total. The maximum Gasteiger partial charge on any atom is 0.234 e. The van der Waals surface area contributed by atoms with Crippen molar-refractivity contribution in [3.8, 4) is 17.1 Å². The highest BCUT2D eigenvalue weighted by Gasteiger charge is 2.17. The average molecular weight is 435 g/mol. The highest BCUT2D eigenvalue weighted by Crippen LogP contribution is 2.28. The number of halogens is 1. The number of anilines is 1. The third-order valence-corrected chi connectivity index (χ3v) is 5.66. The Hall–Kier alpha value is -3.09. The third kappa shape index (κ3) is 4.56. The van der Waals surface area contributed by atoms with Crippen molar-refractivity contribution < 1.29 is 4.79 Å². The van der Waals surface area contributed by atoms with Crippen LogP contribution in [0.1, 0.15) is 5.56 Å². The topological polar surface area (TPSA) is 59.8 Å². The molecule has 0 saturated heterocycles. The number of thioether (sulfide) groups is 1. The lowest BCUT2D eigenvalue weighted by atomic mass is 10.1. The van der Waals surface area contributed by atoms with Crippen molar-refractivity contribution in [2.45, 2.75) is 12.1 Å². The van der Waals surface area contributed by atoms with Gasteiger partial charge >= 0.3 is 0 Å². The molecule has 0 fully saturated rings. The highest BCUT2D eigenvalue weighted by molar-refractivity contribution is 7.99. The number of aryl methyl sites for hydroxylation is 1. The van der Waals surface area contributed by atoms with Gasteiger partial charge in [-0.05, 0) is 37.3 Å². The predicted molar refractivity (Wildman–Crippen MR) is 122 cm³/mol. The Morgan fingerprint density at radius 3 is 2.53 bits per heavy atom. The van der Waals surface area contributed by atoms with Crippen molar-refractivity contribution in [3.63, 3.8) is 0 Å². The van der Waals surface area contributed by atoms with Crippen LogP contribution >= 0.6 is 23.4 Å². The zero-order valence-corrected chi connectivity index (χ0v) is 17.8. The molecule has 0 aliphatic carbocycles. The van der Waals surface area contributed by atoms with E-state index < -0.39 is 0 Å². The fraction of sp³-hybridized carbons (Fsp3) is 0.0870. The summed E-state index contributed by atoms with van der Waals surface area (Å²) in [6.45, 7) is 2.04. The Labute approximate surface area is 184 Å². The van der Waals surface area contributed by atoms with Crippen molar-refractivity contribution >= 4 is 35.0 Å². The van der Waals surface area contributed by atoms with Crippen molar-refractivity contribution in [2.24, 2.45) is 0 Å². The first-order valence-corrected chi connectivity index (χ1v) is 10.7. The lowest BCUT2D eigenvalue weighted by Crippen LogP contribution is -2.14. The van der Waals surface area contributed by atoms with Crippen molar-refractivity contribution in [2.75, 3.05) is 11.1 Å². The number of rotatable bonds is 6. The zero-order chi connectivity index (χ0) is 20.9. The molecule has 0 aliphatic rings. The third-order valence-electron chi connectivity index (χ3n) is 4.40. The van der Waals surface area contributed by atoms with Gasteiger partial charge in [0.1, 0.15) is 0 Å². The van der Waals surface area contributed by atoms with E-state index in [2.05, 4.69) is 21.6 Å². The number of nitrogens with zero attached hydrogens (tertiary/aromatic N) is 3. The molecule has 0 atom stereocenters. The second-order valence-corrected chi connectivity index (χ2v) is 8.01. The maximum absolute atomic E-state index is 12.5. The van der Waals surface area contributed by atoms with Crippen LogP contribution in [0.2, 0.25) is 5.02 Å². The van der Waals surface area contributed by atoms with Gasteiger partial charge in [0.05, 0.1) is 16.5 Å². The second-order valence-electron chi connectivity index (χ2n) is 6.66. The Bertz CT molecular complexity index is 1180. The molecule has 1 amide bonds. The molecule has 5 nitrogen and oxygen atoms in total. The molecule has 7 heteroatoms. The summed E-state index contributed by atoms with van der Waals surface area (Å²) in [5.74, 6) is 0.760. The lowest BCUT2D eigenvalue weighted by molar-refractivity contribution is -0.113. The highest BCUT2D eigenvalue weighted by atomic mass is 35.5.